The normalized spacial score (nSPS) is 15.4. The molecule has 0 spiro atoms. The number of methoxy groups -OCH3 is 1. The van der Waals surface area contributed by atoms with Crippen molar-refractivity contribution >= 4 is 44.7 Å². The Morgan fingerprint density at radius 1 is 1.13 bits per heavy atom. The molecule has 0 radical (unpaired) electrons. The fourth-order valence-corrected chi connectivity index (χ4v) is 5.68. The van der Waals surface area contributed by atoms with Crippen molar-refractivity contribution in [2.24, 2.45) is 0 Å². The van der Waals surface area contributed by atoms with Gasteiger partial charge in [0.2, 0.25) is 0 Å². The van der Waals surface area contributed by atoms with E-state index in [1.165, 1.54) is 17.4 Å². The fourth-order valence-electron chi connectivity index (χ4n) is 4.32. The SMILES string of the molecule is CCN1CCCN(c2ccc(-c3c(C)sc4cc(Cl)ccc34)cc2C(=O)OC)CC1. The third-order valence-electron chi connectivity index (χ3n) is 5.90. The maximum atomic E-state index is 12.7. The Bertz CT molecular complexity index is 1080. The van der Waals surface area contributed by atoms with Gasteiger partial charge in [0.15, 0.2) is 0 Å². The van der Waals surface area contributed by atoms with Crippen LogP contribution in [-0.2, 0) is 4.74 Å². The number of hydrogen-bond acceptors (Lipinski definition) is 5. The van der Waals surface area contributed by atoms with Crippen molar-refractivity contribution in [3.63, 3.8) is 0 Å². The summed E-state index contributed by atoms with van der Waals surface area (Å²) in [6.07, 6.45) is 1.09. The van der Waals surface area contributed by atoms with E-state index in [9.17, 15) is 4.79 Å². The molecule has 1 aliphatic heterocycles. The molecule has 0 amide bonds. The summed E-state index contributed by atoms with van der Waals surface area (Å²) in [6, 6.07) is 12.2. The average molecular weight is 443 g/mol. The molecule has 1 saturated heterocycles. The zero-order valence-electron chi connectivity index (χ0n) is 17.7. The quantitative estimate of drug-likeness (QED) is 0.474. The molecule has 0 atom stereocenters. The van der Waals surface area contributed by atoms with E-state index in [-0.39, 0.29) is 5.97 Å². The molecule has 0 N–H and O–H groups in total. The molecular weight excluding hydrogens is 416 g/mol. The maximum Gasteiger partial charge on any atom is 0.339 e. The highest BCUT2D eigenvalue weighted by Gasteiger charge is 2.22. The molecule has 4 rings (SSSR count). The van der Waals surface area contributed by atoms with Crippen LogP contribution in [0.1, 0.15) is 28.6 Å². The van der Waals surface area contributed by atoms with Crippen molar-refractivity contribution in [1.29, 1.82) is 0 Å². The molecule has 1 fully saturated rings. The first kappa shape index (κ1) is 21.2. The summed E-state index contributed by atoms with van der Waals surface area (Å²) in [5, 5.41) is 1.90. The standard InChI is InChI=1S/C24H27ClN2O2S/c1-4-26-10-5-11-27(13-12-26)21-9-6-17(14-20(21)24(28)29-3)23-16(2)30-22-15-18(25)7-8-19(22)23/h6-9,14-15H,4-5,10-13H2,1-3H3. The Kier molecular flexibility index (Phi) is 6.32. The number of aryl methyl sites for hydroxylation is 1. The summed E-state index contributed by atoms with van der Waals surface area (Å²) < 4.78 is 6.31. The van der Waals surface area contributed by atoms with E-state index in [0.29, 0.717) is 5.56 Å². The van der Waals surface area contributed by atoms with Crippen LogP contribution in [0.3, 0.4) is 0 Å². The van der Waals surface area contributed by atoms with E-state index in [4.69, 9.17) is 16.3 Å². The Labute approximate surface area is 187 Å². The Morgan fingerprint density at radius 2 is 1.97 bits per heavy atom. The Balaban J connectivity index is 1.78. The second kappa shape index (κ2) is 8.96. The number of likely N-dealkylation sites (N-methyl/N-ethyl adjacent to an activating group) is 1. The summed E-state index contributed by atoms with van der Waals surface area (Å²) in [6.45, 7) is 9.34. The molecule has 2 heterocycles. The smallest absolute Gasteiger partial charge is 0.339 e. The monoisotopic (exact) mass is 442 g/mol. The van der Waals surface area contributed by atoms with Gasteiger partial charge in [-0.3, -0.25) is 0 Å². The highest BCUT2D eigenvalue weighted by Crippen LogP contribution is 2.40. The zero-order valence-corrected chi connectivity index (χ0v) is 19.3. The molecule has 0 unspecified atom stereocenters. The lowest BCUT2D eigenvalue weighted by Gasteiger charge is -2.25. The second-order valence-electron chi connectivity index (χ2n) is 7.67. The predicted molar refractivity (Wildman–Crippen MR) is 127 cm³/mol. The molecule has 3 aromatic rings. The lowest BCUT2D eigenvalue weighted by Crippen LogP contribution is -2.31. The van der Waals surface area contributed by atoms with E-state index in [2.05, 4.69) is 41.8 Å². The maximum absolute atomic E-state index is 12.7. The number of thiophene rings is 1. The molecule has 1 aromatic heterocycles. The van der Waals surface area contributed by atoms with E-state index >= 15 is 0 Å². The van der Waals surface area contributed by atoms with Crippen molar-refractivity contribution < 1.29 is 9.53 Å². The van der Waals surface area contributed by atoms with E-state index in [1.54, 1.807) is 11.3 Å². The van der Waals surface area contributed by atoms with Crippen molar-refractivity contribution in [2.45, 2.75) is 20.3 Å². The molecule has 0 aliphatic carbocycles. The number of anilines is 1. The van der Waals surface area contributed by atoms with Crippen LogP contribution in [-0.4, -0.2) is 50.7 Å². The number of hydrogen-bond donors (Lipinski definition) is 0. The minimum Gasteiger partial charge on any atom is -0.465 e. The number of carbonyl (C=O) groups excluding carboxylic acids is 1. The molecule has 2 aromatic carbocycles. The van der Waals surface area contributed by atoms with Crippen LogP contribution in [0.4, 0.5) is 5.69 Å². The summed E-state index contributed by atoms with van der Waals surface area (Å²) in [7, 11) is 1.45. The largest absolute Gasteiger partial charge is 0.465 e. The van der Waals surface area contributed by atoms with E-state index in [1.807, 2.05) is 18.2 Å². The Hall–Kier alpha value is -2.08. The van der Waals surface area contributed by atoms with Gasteiger partial charge < -0.3 is 14.5 Å². The van der Waals surface area contributed by atoms with Gasteiger partial charge >= 0.3 is 5.97 Å². The van der Waals surface area contributed by atoms with Gasteiger partial charge in [-0.2, -0.15) is 0 Å². The van der Waals surface area contributed by atoms with E-state index in [0.717, 1.165) is 65.7 Å². The summed E-state index contributed by atoms with van der Waals surface area (Å²) in [5.41, 5.74) is 3.79. The second-order valence-corrected chi connectivity index (χ2v) is 9.36. The number of benzene rings is 2. The molecule has 1 aliphatic rings. The molecule has 158 valence electrons. The molecular formula is C24H27ClN2O2S. The first-order valence-corrected chi connectivity index (χ1v) is 11.6. The number of carbonyl (C=O) groups is 1. The third kappa shape index (κ3) is 4.07. The van der Waals surface area contributed by atoms with Gasteiger partial charge in [-0.1, -0.05) is 30.7 Å². The van der Waals surface area contributed by atoms with Crippen LogP contribution in [0, 0.1) is 6.92 Å². The van der Waals surface area contributed by atoms with Gasteiger partial charge in [-0.15, -0.1) is 11.3 Å². The van der Waals surface area contributed by atoms with Crippen LogP contribution in [0.2, 0.25) is 5.02 Å². The number of halogens is 1. The highest BCUT2D eigenvalue weighted by atomic mass is 35.5. The van der Waals surface area contributed by atoms with Gasteiger partial charge in [-0.25, -0.2) is 4.79 Å². The minimum absolute atomic E-state index is 0.288. The van der Waals surface area contributed by atoms with Crippen LogP contribution in [0.15, 0.2) is 36.4 Å². The van der Waals surface area contributed by atoms with Crippen molar-refractivity contribution in [3.8, 4) is 11.1 Å². The molecule has 30 heavy (non-hydrogen) atoms. The number of fused-ring (bicyclic) bond motifs is 1. The minimum atomic E-state index is -0.288. The number of esters is 1. The van der Waals surface area contributed by atoms with Crippen LogP contribution in [0.5, 0.6) is 0 Å². The topological polar surface area (TPSA) is 32.8 Å². The summed E-state index contributed by atoms with van der Waals surface area (Å²) >= 11 is 7.92. The zero-order chi connectivity index (χ0) is 21.3. The van der Waals surface area contributed by atoms with Gasteiger partial charge in [-0.05, 0) is 56.3 Å². The summed E-state index contributed by atoms with van der Waals surface area (Å²) in [4.78, 5) is 18.7. The average Bonchev–Trinajstić information content (AvgIpc) is 2.91. The first-order chi connectivity index (χ1) is 14.5. The van der Waals surface area contributed by atoms with Gasteiger partial charge in [0.25, 0.3) is 0 Å². The summed E-state index contributed by atoms with van der Waals surface area (Å²) in [5.74, 6) is -0.288. The van der Waals surface area contributed by atoms with Crippen LogP contribution < -0.4 is 4.90 Å². The van der Waals surface area contributed by atoms with Gasteiger partial charge in [0, 0.05) is 45.2 Å². The van der Waals surface area contributed by atoms with Crippen molar-refractivity contribution in [1.82, 2.24) is 4.90 Å². The molecule has 0 bridgehead atoms. The number of ether oxygens (including phenoxy) is 1. The highest BCUT2D eigenvalue weighted by molar-refractivity contribution is 7.19. The predicted octanol–water partition coefficient (Wildman–Crippen LogP) is 5.85. The Morgan fingerprint density at radius 3 is 2.73 bits per heavy atom. The third-order valence-corrected chi connectivity index (χ3v) is 7.20. The van der Waals surface area contributed by atoms with Gasteiger partial charge in [0.1, 0.15) is 0 Å². The molecule has 4 nitrogen and oxygen atoms in total. The lowest BCUT2D eigenvalue weighted by atomic mass is 9.98. The molecule has 0 saturated carbocycles. The molecule has 6 heteroatoms. The van der Waals surface area contributed by atoms with Crippen LogP contribution >= 0.6 is 22.9 Å². The lowest BCUT2D eigenvalue weighted by molar-refractivity contribution is 0.0601. The van der Waals surface area contributed by atoms with Crippen molar-refractivity contribution in [2.75, 3.05) is 44.7 Å². The number of nitrogens with zero attached hydrogens (tertiary/aromatic N) is 2. The first-order valence-electron chi connectivity index (χ1n) is 10.4. The number of rotatable bonds is 4. The van der Waals surface area contributed by atoms with Crippen LogP contribution in [0.25, 0.3) is 21.2 Å². The van der Waals surface area contributed by atoms with E-state index < -0.39 is 0 Å². The fraction of sp³-hybridized carbons (Fsp3) is 0.375. The van der Waals surface area contributed by atoms with Gasteiger partial charge in [0.05, 0.1) is 18.4 Å². The van der Waals surface area contributed by atoms with Crippen molar-refractivity contribution in [3.05, 3.63) is 51.9 Å².